The van der Waals surface area contributed by atoms with Crippen LogP contribution in [-0.2, 0) is 41.9 Å². The first-order valence-electron chi connectivity index (χ1n) is 16.3. The average molecular weight is 655 g/mol. The molecule has 0 spiro atoms. The molecule has 8 heteroatoms. The number of amides is 2. The molecule has 248 valence electrons. The summed E-state index contributed by atoms with van der Waals surface area (Å²) in [4.78, 5) is 55.2. The second-order valence-corrected chi connectivity index (χ2v) is 12.5. The third-order valence-electron chi connectivity index (χ3n) is 9.03. The van der Waals surface area contributed by atoms with Gasteiger partial charge in [0, 0.05) is 41.8 Å². The fourth-order valence-corrected chi connectivity index (χ4v) is 6.64. The molecule has 1 N–H and O–H groups in total. The molecule has 2 atom stereocenters. The molecule has 4 aromatic rings. The summed E-state index contributed by atoms with van der Waals surface area (Å²) in [5.74, 6) is -2.33. The first-order chi connectivity index (χ1) is 23.7. The summed E-state index contributed by atoms with van der Waals surface area (Å²) in [7, 11) is 0. The number of aryl methyl sites for hydroxylation is 1. The third-order valence-corrected chi connectivity index (χ3v) is 9.03. The molecule has 4 aromatic carbocycles. The summed E-state index contributed by atoms with van der Waals surface area (Å²) in [6.45, 7) is 5.66. The van der Waals surface area contributed by atoms with Gasteiger partial charge < -0.3 is 14.8 Å². The number of hydrogen-bond acceptors (Lipinski definition) is 6. The van der Waals surface area contributed by atoms with E-state index < -0.39 is 23.8 Å². The standard InChI is InChI=1S/C41H38N2O6/c1-26-11-10-16-32(21-26)35-23-37(45)43(28(3)39(35)41(47)49-25-30-14-8-5-9-15-30)33-19-17-31(18-20-33)34-22-36(44)42-27(2)38(34)40(46)48-24-29-12-6-4-7-13-29/h4-21,34-35H,22-25H2,1-3H3,(H,42,44). The number of nitrogens with one attached hydrogen (secondary N) is 1. The van der Waals surface area contributed by atoms with Gasteiger partial charge in [-0.1, -0.05) is 103 Å². The highest BCUT2D eigenvalue weighted by Crippen LogP contribution is 2.41. The molecule has 0 aliphatic carbocycles. The summed E-state index contributed by atoms with van der Waals surface area (Å²) in [6, 6.07) is 33.9. The summed E-state index contributed by atoms with van der Waals surface area (Å²) >= 11 is 0. The van der Waals surface area contributed by atoms with Crippen molar-refractivity contribution in [1.82, 2.24) is 5.32 Å². The predicted molar refractivity (Wildman–Crippen MR) is 186 cm³/mol. The molecule has 0 saturated carbocycles. The van der Waals surface area contributed by atoms with Crippen LogP contribution in [0, 0.1) is 6.92 Å². The number of hydrogen-bond donors (Lipinski definition) is 1. The molecule has 2 heterocycles. The van der Waals surface area contributed by atoms with Crippen molar-refractivity contribution in [3.63, 3.8) is 0 Å². The van der Waals surface area contributed by atoms with E-state index in [9.17, 15) is 19.2 Å². The molecule has 2 amide bonds. The van der Waals surface area contributed by atoms with E-state index in [1.54, 1.807) is 30.9 Å². The lowest BCUT2D eigenvalue weighted by Crippen LogP contribution is -2.38. The van der Waals surface area contributed by atoms with Gasteiger partial charge in [0.05, 0.1) is 11.1 Å². The molecule has 2 unspecified atom stereocenters. The third kappa shape index (κ3) is 7.38. The Hall–Kier alpha value is -5.76. The van der Waals surface area contributed by atoms with E-state index in [0.717, 1.165) is 27.8 Å². The summed E-state index contributed by atoms with van der Waals surface area (Å²) < 4.78 is 11.5. The fraction of sp³-hybridized carbons (Fsp3) is 0.220. The van der Waals surface area contributed by atoms with E-state index in [2.05, 4.69) is 5.32 Å². The van der Waals surface area contributed by atoms with Crippen molar-refractivity contribution in [2.45, 2.75) is 58.7 Å². The molecule has 0 fully saturated rings. The van der Waals surface area contributed by atoms with Gasteiger partial charge in [0.2, 0.25) is 11.8 Å². The molecule has 49 heavy (non-hydrogen) atoms. The number of carbonyl (C=O) groups excluding carboxylic acids is 4. The normalized spacial score (nSPS) is 17.9. The van der Waals surface area contributed by atoms with Gasteiger partial charge in [0.1, 0.15) is 13.2 Å². The topological polar surface area (TPSA) is 102 Å². The van der Waals surface area contributed by atoms with Gasteiger partial charge in [-0.05, 0) is 55.2 Å². The maximum absolute atomic E-state index is 13.8. The quantitative estimate of drug-likeness (QED) is 0.192. The highest BCUT2D eigenvalue weighted by Gasteiger charge is 2.38. The SMILES string of the molecule is CC1=C(C(=O)OCc2ccccc2)C(c2ccc(N3C(=O)CC(c4cccc(C)c4)C(C(=O)OCc4ccccc4)=C3C)cc2)CC(=O)N1. The predicted octanol–water partition coefficient (Wildman–Crippen LogP) is 7.15. The van der Waals surface area contributed by atoms with Gasteiger partial charge in [-0.25, -0.2) is 9.59 Å². The number of ether oxygens (including phenoxy) is 2. The maximum Gasteiger partial charge on any atom is 0.336 e. The van der Waals surface area contributed by atoms with Crippen LogP contribution in [-0.4, -0.2) is 23.8 Å². The Morgan fingerprint density at radius 1 is 0.673 bits per heavy atom. The van der Waals surface area contributed by atoms with Crippen LogP contribution in [0.5, 0.6) is 0 Å². The lowest BCUT2D eigenvalue weighted by atomic mass is 9.82. The van der Waals surface area contributed by atoms with Gasteiger partial charge in [-0.3, -0.25) is 14.5 Å². The van der Waals surface area contributed by atoms with Crippen molar-refractivity contribution in [2.24, 2.45) is 0 Å². The number of nitrogens with zero attached hydrogens (tertiary/aromatic N) is 1. The molecule has 0 bridgehead atoms. The van der Waals surface area contributed by atoms with Crippen LogP contribution in [0.3, 0.4) is 0 Å². The average Bonchev–Trinajstić information content (AvgIpc) is 3.10. The largest absolute Gasteiger partial charge is 0.457 e. The number of carbonyl (C=O) groups is 4. The smallest absolute Gasteiger partial charge is 0.336 e. The molecular weight excluding hydrogens is 616 g/mol. The number of benzene rings is 4. The highest BCUT2D eigenvalue weighted by molar-refractivity contribution is 6.04. The Balaban J connectivity index is 1.29. The van der Waals surface area contributed by atoms with Gasteiger partial charge in [-0.15, -0.1) is 0 Å². The Labute approximate surface area is 286 Å². The Kier molecular flexibility index (Phi) is 9.85. The highest BCUT2D eigenvalue weighted by atomic mass is 16.5. The minimum absolute atomic E-state index is 0.0730. The van der Waals surface area contributed by atoms with Crippen LogP contribution < -0.4 is 10.2 Å². The van der Waals surface area contributed by atoms with Gasteiger partial charge in [0.25, 0.3) is 0 Å². The number of rotatable bonds is 9. The van der Waals surface area contributed by atoms with Crippen LogP contribution in [0.4, 0.5) is 5.69 Å². The first kappa shape index (κ1) is 33.2. The second-order valence-electron chi connectivity index (χ2n) is 12.5. The second kappa shape index (κ2) is 14.6. The van der Waals surface area contributed by atoms with E-state index in [1.807, 2.05) is 104 Å². The van der Waals surface area contributed by atoms with Crippen LogP contribution in [0.2, 0.25) is 0 Å². The molecule has 0 saturated heterocycles. The van der Waals surface area contributed by atoms with Crippen LogP contribution in [0.25, 0.3) is 0 Å². The van der Waals surface area contributed by atoms with Crippen molar-refractivity contribution in [3.05, 3.63) is 160 Å². The van der Waals surface area contributed by atoms with E-state index in [4.69, 9.17) is 9.47 Å². The molecule has 0 aromatic heterocycles. The minimum Gasteiger partial charge on any atom is -0.457 e. The lowest BCUT2D eigenvalue weighted by Gasteiger charge is -2.35. The molecule has 6 rings (SSSR count). The van der Waals surface area contributed by atoms with Crippen molar-refractivity contribution in [3.8, 4) is 0 Å². The van der Waals surface area contributed by atoms with Crippen LogP contribution >= 0.6 is 0 Å². The molecule has 2 aliphatic heterocycles. The van der Waals surface area contributed by atoms with Crippen LogP contribution in [0.1, 0.15) is 66.3 Å². The summed E-state index contributed by atoms with van der Waals surface area (Å²) in [5, 5.41) is 2.78. The summed E-state index contributed by atoms with van der Waals surface area (Å²) in [6.07, 6.45) is 0.157. The van der Waals surface area contributed by atoms with Crippen molar-refractivity contribution in [2.75, 3.05) is 4.90 Å². The van der Waals surface area contributed by atoms with E-state index >= 15 is 0 Å². The Morgan fingerprint density at radius 2 is 1.24 bits per heavy atom. The van der Waals surface area contributed by atoms with Gasteiger partial charge in [-0.2, -0.15) is 0 Å². The van der Waals surface area contributed by atoms with Crippen molar-refractivity contribution in [1.29, 1.82) is 0 Å². The van der Waals surface area contributed by atoms with Crippen molar-refractivity contribution >= 4 is 29.4 Å². The zero-order valence-electron chi connectivity index (χ0n) is 27.8. The van der Waals surface area contributed by atoms with Gasteiger partial charge >= 0.3 is 11.9 Å². The van der Waals surface area contributed by atoms with Crippen LogP contribution in [0.15, 0.2) is 132 Å². The zero-order valence-corrected chi connectivity index (χ0v) is 27.8. The zero-order chi connectivity index (χ0) is 34.5. The minimum atomic E-state index is -0.533. The Morgan fingerprint density at radius 3 is 1.84 bits per heavy atom. The lowest BCUT2D eigenvalue weighted by molar-refractivity contribution is -0.142. The summed E-state index contributed by atoms with van der Waals surface area (Å²) in [5.41, 5.74) is 6.68. The number of anilines is 1. The van der Waals surface area contributed by atoms with E-state index in [-0.39, 0.29) is 37.9 Å². The van der Waals surface area contributed by atoms with Gasteiger partial charge in [0.15, 0.2) is 0 Å². The molecule has 8 nitrogen and oxygen atoms in total. The Bertz CT molecular complexity index is 1950. The molecule has 0 radical (unpaired) electrons. The van der Waals surface area contributed by atoms with E-state index in [0.29, 0.717) is 28.2 Å². The monoisotopic (exact) mass is 654 g/mol. The maximum atomic E-state index is 13.8. The number of allylic oxidation sites excluding steroid dienone is 2. The molecule has 2 aliphatic rings. The van der Waals surface area contributed by atoms with Crippen molar-refractivity contribution < 1.29 is 28.7 Å². The number of esters is 2. The fourth-order valence-electron chi connectivity index (χ4n) is 6.64. The first-order valence-corrected chi connectivity index (χ1v) is 16.3. The molecular formula is C41H38N2O6. The van der Waals surface area contributed by atoms with E-state index in [1.165, 1.54) is 0 Å².